The van der Waals surface area contributed by atoms with Crippen LogP contribution in [0.2, 0.25) is 0 Å². The molecule has 2 fully saturated rings. The zero-order chi connectivity index (χ0) is 15.4. The standard InChI is InChI=1S/C17H32N2O2/c1-12(2)14-6-8-15(9-7-14)21-11-17-16(18)5-4-10-19(17)13(3)20/h12,14-17H,4-11,18H2,1-3H3/t14-,15+,16-,17-/m0/s1. The molecular weight excluding hydrogens is 264 g/mol. The van der Waals surface area contributed by atoms with E-state index in [9.17, 15) is 4.79 Å². The number of hydrogen-bond donors (Lipinski definition) is 1. The Balaban J connectivity index is 1.80. The van der Waals surface area contributed by atoms with Gasteiger partial charge in [-0.05, 0) is 50.4 Å². The Kier molecular flexibility index (Phi) is 6.06. The summed E-state index contributed by atoms with van der Waals surface area (Å²) in [6.07, 6.45) is 7.23. The van der Waals surface area contributed by atoms with Gasteiger partial charge in [0.2, 0.25) is 5.91 Å². The fourth-order valence-electron chi connectivity index (χ4n) is 3.85. The van der Waals surface area contributed by atoms with Crippen LogP contribution in [-0.4, -0.2) is 42.1 Å². The molecule has 1 aliphatic heterocycles. The summed E-state index contributed by atoms with van der Waals surface area (Å²) in [5, 5.41) is 0. The van der Waals surface area contributed by atoms with Gasteiger partial charge in [-0.2, -0.15) is 0 Å². The predicted octanol–water partition coefficient (Wildman–Crippen LogP) is 2.56. The van der Waals surface area contributed by atoms with Crippen molar-refractivity contribution in [1.29, 1.82) is 0 Å². The molecule has 1 amide bonds. The van der Waals surface area contributed by atoms with Gasteiger partial charge in [0.1, 0.15) is 0 Å². The first-order chi connectivity index (χ1) is 9.99. The van der Waals surface area contributed by atoms with Gasteiger partial charge in [-0.25, -0.2) is 0 Å². The summed E-state index contributed by atoms with van der Waals surface area (Å²) in [5.41, 5.74) is 6.21. The Morgan fingerprint density at radius 2 is 1.90 bits per heavy atom. The molecule has 0 aromatic heterocycles. The maximum absolute atomic E-state index is 11.7. The smallest absolute Gasteiger partial charge is 0.219 e. The molecule has 2 rings (SSSR count). The molecule has 1 saturated heterocycles. The quantitative estimate of drug-likeness (QED) is 0.867. The highest BCUT2D eigenvalue weighted by Gasteiger charge is 2.32. The molecule has 1 aliphatic carbocycles. The molecule has 122 valence electrons. The van der Waals surface area contributed by atoms with Crippen molar-refractivity contribution in [2.45, 2.75) is 77.5 Å². The van der Waals surface area contributed by atoms with E-state index in [1.54, 1.807) is 6.92 Å². The van der Waals surface area contributed by atoms with Gasteiger partial charge >= 0.3 is 0 Å². The molecule has 0 aromatic carbocycles. The summed E-state index contributed by atoms with van der Waals surface area (Å²) in [7, 11) is 0. The normalized spacial score (nSPS) is 34.2. The number of piperidine rings is 1. The Bertz CT molecular complexity index is 338. The van der Waals surface area contributed by atoms with Crippen LogP contribution in [0.25, 0.3) is 0 Å². The van der Waals surface area contributed by atoms with E-state index in [4.69, 9.17) is 10.5 Å². The molecule has 0 spiro atoms. The number of carbonyl (C=O) groups excluding carboxylic acids is 1. The second-order valence-corrected chi connectivity index (χ2v) is 7.20. The number of hydrogen-bond acceptors (Lipinski definition) is 3. The number of ether oxygens (including phenoxy) is 1. The average Bonchev–Trinajstić information content (AvgIpc) is 2.46. The molecule has 1 heterocycles. The van der Waals surface area contributed by atoms with Gasteiger partial charge in [0.25, 0.3) is 0 Å². The monoisotopic (exact) mass is 296 g/mol. The predicted molar refractivity (Wildman–Crippen MR) is 84.9 cm³/mol. The minimum Gasteiger partial charge on any atom is -0.376 e. The maximum atomic E-state index is 11.7. The van der Waals surface area contributed by atoms with E-state index in [-0.39, 0.29) is 18.0 Å². The number of nitrogens with zero attached hydrogens (tertiary/aromatic N) is 1. The molecule has 21 heavy (non-hydrogen) atoms. The van der Waals surface area contributed by atoms with Crippen LogP contribution in [0.3, 0.4) is 0 Å². The molecule has 2 aliphatic rings. The molecule has 2 N–H and O–H groups in total. The minimum atomic E-state index is 0.0645. The summed E-state index contributed by atoms with van der Waals surface area (Å²) in [4.78, 5) is 13.6. The van der Waals surface area contributed by atoms with Crippen LogP contribution in [0.15, 0.2) is 0 Å². The highest BCUT2D eigenvalue weighted by molar-refractivity contribution is 5.73. The number of carbonyl (C=O) groups is 1. The van der Waals surface area contributed by atoms with Crippen molar-refractivity contribution in [3.05, 3.63) is 0 Å². The van der Waals surface area contributed by atoms with Crippen molar-refractivity contribution >= 4 is 5.91 Å². The van der Waals surface area contributed by atoms with Crippen molar-refractivity contribution in [2.24, 2.45) is 17.6 Å². The largest absolute Gasteiger partial charge is 0.376 e. The summed E-state index contributed by atoms with van der Waals surface area (Å²) >= 11 is 0. The number of rotatable bonds is 4. The molecule has 4 nitrogen and oxygen atoms in total. The molecule has 0 unspecified atom stereocenters. The third-order valence-corrected chi connectivity index (χ3v) is 5.40. The minimum absolute atomic E-state index is 0.0645. The molecule has 0 bridgehead atoms. The van der Waals surface area contributed by atoms with E-state index in [2.05, 4.69) is 13.8 Å². The first kappa shape index (κ1) is 16.8. The lowest BCUT2D eigenvalue weighted by Gasteiger charge is -2.40. The van der Waals surface area contributed by atoms with Crippen molar-refractivity contribution in [2.75, 3.05) is 13.2 Å². The van der Waals surface area contributed by atoms with Gasteiger partial charge in [-0.3, -0.25) is 4.79 Å². The van der Waals surface area contributed by atoms with Crippen LogP contribution in [0.4, 0.5) is 0 Å². The van der Waals surface area contributed by atoms with E-state index >= 15 is 0 Å². The molecule has 2 atom stereocenters. The fraction of sp³-hybridized carbons (Fsp3) is 0.941. The van der Waals surface area contributed by atoms with E-state index in [0.717, 1.165) is 44.1 Å². The second kappa shape index (κ2) is 7.59. The molecular formula is C17H32N2O2. The van der Waals surface area contributed by atoms with Crippen LogP contribution < -0.4 is 5.73 Å². The third-order valence-electron chi connectivity index (χ3n) is 5.40. The molecule has 0 radical (unpaired) electrons. The summed E-state index contributed by atoms with van der Waals surface area (Å²) < 4.78 is 6.13. The van der Waals surface area contributed by atoms with E-state index < -0.39 is 0 Å². The zero-order valence-corrected chi connectivity index (χ0v) is 13.9. The van der Waals surface area contributed by atoms with E-state index in [0.29, 0.717) is 12.7 Å². The average molecular weight is 296 g/mol. The van der Waals surface area contributed by atoms with Gasteiger partial charge in [0.05, 0.1) is 18.8 Å². The summed E-state index contributed by atoms with van der Waals surface area (Å²) in [6.45, 7) is 7.71. The molecule has 0 aromatic rings. The number of likely N-dealkylation sites (tertiary alicyclic amines) is 1. The first-order valence-corrected chi connectivity index (χ1v) is 8.63. The number of amides is 1. The SMILES string of the molecule is CC(=O)N1CCC[C@H](N)[C@@H]1CO[C@H]1CC[C@@H](C(C)C)CC1. The van der Waals surface area contributed by atoms with Crippen LogP contribution in [-0.2, 0) is 9.53 Å². The first-order valence-electron chi connectivity index (χ1n) is 8.63. The second-order valence-electron chi connectivity index (χ2n) is 7.20. The maximum Gasteiger partial charge on any atom is 0.219 e. The van der Waals surface area contributed by atoms with E-state index in [1.807, 2.05) is 4.90 Å². The van der Waals surface area contributed by atoms with E-state index in [1.165, 1.54) is 12.8 Å². The topological polar surface area (TPSA) is 55.6 Å². The van der Waals surface area contributed by atoms with Gasteiger partial charge < -0.3 is 15.4 Å². The molecule has 1 saturated carbocycles. The summed E-state index contributed by atoms with van der Waals surface area (Å²) in [6, 6.07) is 0.133. The molecule has 4 heteroatoms. The van der Waals surface area contributed by atoms with Crippen LogP contribution in [0.5, 0.6) is 0 Å². The lowest BCUT2D eigenvalue weighted by Crippen LogP contribution is -2.56. The van der Waals surface area contributed by atoms with Gasteiger partial charge in [0, 0.05) is 19.5 Å². The fourth-order valence-corrected chi connectivity index (χ4v) is 3.85. The Morgan fingerprint density at radius 1 is 1.24 bits per heavy atom. The Labute approximate surface area is 129 Å². The van der Waals surface area contributed by atoms with Crippen LogP contribution in [0.1, 0.15) is 59.3 Å². The van der Waals surface area contributed by atoms with Crippen molar-refractivity contribution in [3.8, 4) is 0 Å². The van der Waals surface area contributed by atoms with Crippen LogP contribution >= 0.6 is 0 Å². The third kappa shape index (κ3) is 4.43. The zero-order valence-electron chi connectivity index (χ0n) is 13.9. The Hall–Kier alpha value is -0.610. The number of nitrogens with two attached hydrogens (primary N) is 1. The lowest BCUT2D eigenvalue weighted by molar-refractivity contribution is -0.136. The van der Waals surface area contributed by atoms with Crippen molar-refractivity contribution in [3.63, 3.8) is 0 Å². The Morgan fingerprint density at radius 3 is 2.48 bits per heavy atom. The van der Waals surface area contributed by atoms with Crippen LogP contribution in [0, 0.1) is 11.8 Å². The van der Waals surface area contributed by atoms with Crippen molar-refractivity contribution in [1.82, 2.24) is 4.90 Å². The van der Waals surface area contributed by atoms with Gasteiger partial charge in [-0.1, -0.05) is 13.8 Å². The van der Waals surface area contributed by atoms with Gasteiger partial charge in [-0.15, -0.1) is 0 Å². The highest BCUT2D eigenvalue weighted by Crippen LogP contribution is 2.31. The van der Waals surface area contributed by atoms with Gasteiger partial charge in [0.15, 0.2) is 0 Å². The summed E-state index contributed by atoms with van der Waals surface area (Å²) in [5.74, 6) is 1.77. The van der Waals surface area contributed by atoms with Crippen molar-refractivity contribution < 1.29 is 9.53 Å². The highest BCUT2D eigenvalue weighted by atomic mass is 16.5. The lowest BCUT2D eigenvalue weighted by atomic mass is 9.80.